The number of allylic oxidation sites excluding steroid dienone is 4. The van der Waals surface area contributed by atoms with Crippen molar-refractivity contribution in [3.63, 3.8) is 0 Å². The number of esters is 1. The van der Waals surface area contributed by atoms with Gasteiger partial charge in [0.2, 0.25) is 0 Å². The van der Waals surface area contributed by atoms with Crippen molar-refractivity contribution in [2.45, 2.75) is 187 Å². The first-order valence-corrected chi connectivity index (χ1v) is 17.9. The lowest BCUT2D eigenvalue weighted by atomic mass is 10.1. The van der Waals surface area contributed by atoms with Crippen LogP contribution in [0.1, 0.15) is 181 Å². The van der Waals surface area contributed by atoms with E-state index < -0.39 is 6.10 Å². The van der Waals surface area contributed by atoms with Crippen LogP contribution in [0.3, 0.4) is 0 Å². The van der Waals surface area contributed by atoms with E-state index in [0.717, 1.165) is 25.7 Å². The van der Waals surface area contributed by atoms with Gasteiger partial charge in [-0.1, -0.05) is 154 Å². The first kappa shape index (κ1) is 39.9. The number of aliphatic hydroxyl groups is 1. The summed E-state index contributed by atoms with van der Waals surface area (Å²) in [7, 11) is 0. The topological polar surface area (TPSA) is 55.8 Å². The maximum absolute atomic E-state index is 12.1. The number of carbonyl (C=O) groups is 1. The Morgan fingerprint density at radius 2 is 1.02 bits per heavy atom. The van der Waals surface area contributed by atoms with Gasteiger partial charge in [-0.15, -0.1) is 0 Å². The zero-order valence-electron chi connectivity index (χ0n) is 27.6. The number of unbranched alkanes of at least 4 members (excludes halogenated alkanes) is 21. The molecule has 0 heterocycles. The third-order valence-electron chi connectivity index (χ3n) is 7.78. The van der Waals surface area contributed by atoms with Crippen LogP contribution < -0.4 is 0 Å². The Labute approximate surface area is 256 Å². The fourth-order valence-electron chi connectivity index (χ4n) is 5.06. The minimum Gasteiger partial charge on any atom is -0.457 e. The highest BCUT2D eigenvalue weighted by molar-refractivity contribution is 5.69. The van der Waals surface area contributed by atoms with Gasteiger partial charge in [-0.2, -0.15) is 0 Å². The third-order valence-corrected chi connectivity index (χ3v) is 7.78. The maximum atomic E-state index is 12.1. The predicted octanol–water partition coefficient (Wildman–Crippen LogP) is 11.2. The second kappa shape index (κ2) is 35.1. The van der Waals surface area contributed by atoms with Crippen LogP contribution in [0, 0.1) is 0 Å². The molecular formula is C37H70O4. The summed E-state index contributed by atoms with van der Waals surface area (Å²) in [5.74, 6) is -0.208. The summed E-state index contributed by atoms with van der Waals surface area (Å²) in [5, 5.41) is 9.53. The minimum absolute atomic E-state index is 0.172. The molecule has 0 saturated carbocycles. The Kier molecular flexibility index (Phi) is 34.1. The lowest BCUT2D eigenvalue weighted by Crippen LogP contribution is -2.27. The monoisotopic (exact) mass is 579 g/mol. The lowest BCUT2D eigenvalue weighted by molar-refractivity contribution is -0.154. The van der Waals surface area contributed by atoms with Gasteiger partial charge in [0, 0.05) is 13.0 Å². The van der Waals surface area contributed by atoms with Gasteiger partial charge in [-0.25, -0.2) is 0 Å². The van der Waals surface area contributed by atoms with Gasteiger partial charge in [0.05, 0.1) is 13.2 Å². The standard InChI is InChI=1S/C37H70O4/c1-3-5-7-9-11-13-15-16-17-18-19-20-21-22-24-26-28-30-32-37(39)41-36(34-38)35-40-33-31-29-27-25-23-14-12-10-8-6-4-2/h13,15,17-18,36,38H,3-12,14,16,19-35H2,1-2H3/b15-13-,18-17-. The van der Waals surface area contributed by atoms with Crippen LogP contribution in [0.25, 0.3) is 0 Å². The molecule has 0 bridgehead atoms. The Balaban J connectivity index is 3.45. The largest absolute Gasteiger partial charge is 0.457 e. The first-order valence-electron chi connectivity index (χ1n) is 17.9. The minimum atomic E-state index is -0.532. The van der Waals surface area contributed by atoms with E-state index >= 15 is 0 Å². The van der Waals surface area contributed by atoms with E-state index in [4.69, 9.17) is 9.47 Å². The van der Waals surface area contributed by atoms with E-state index in [1.54, 1.807) is 0 Å². The molecule has 1 unspecified atom stereocenters. The van der Waals surface area contributed by atoms with Crippen molar-refractivity contribution in [2.24, 2.45) is 0 Å². The molecule has 0 aromatic rings. The Hall–Kier alpha value is -1.13. The van der Waals surface area contributed by atoms with Gasteiger partial charge in [0.1, 0.15) is 6.10 Å². The summed E-state index contributed by atoms with van der Waals surface area (Å²) in [6.07, 6.45) is 40.6. The second-order valence-corrected chi connectivity index (χ2v) is 11.9. The van der Waals surface area contributed by atoms with Crippen LogP contribution in [-0.2, 0) is 14.3 Å². The predicted molar refractivity (Wildman–Crippen MR) is 177 cm³/mol. The molecule has 0 rings (SSSR count). The molecule has 4 nitrogen and oxygen atoms in total. The molecule has 41 heavy (non-hydrogen) atoms. The summed E-state index contributed by atoms with van der Waals surface area (Å²) in [6.45, 7) is 5.33. The molecule has 0 fully saturated rings. The van der Waals surface area contributed by atoms with Crippen LogP contribution in [0.15, 0.2) is 24.3 Å². The normalized spacial score (nSPS) is 12.6. The molecular weight excluding hydrogens is 508 g/mol. The number of hydrogen-bond acceptors (Lipinski definition) is 4. The van der Waals surface area contributed by atoms with Crippen molar-refractivity contribution >= 4 is 5.97 Å². The molecule has 0 aliphatic rings. The second-order valence-electron chi connectivity index (χ2n) is 11.9. The number of rotatable bonds is 33. The highest BCUT2D eigenvalue weighted by Crippen LogP contribution is 2.13. The van der Waals surface area contributed by atoms with Crippen LogP contribution >= 0.6 is 0 Å². The van der Waals surface area contributed by atoms with Crippen molar-refractivity contribution in [2.75, 3.05) is 19.8 Å². The average molecular weight is 579 g/mol. The van der Waals surface area contributed by atoms with E-state index in [-0.39, 0.29) is 12.6 Å². The molecule has 0 aliphatic carbocycles. The Morgan fingerprint density at radius 1 is 0.585 bits per heavy atom. The van der Waals surface area contributed by atoms with E-state index in [9.17, 15) is 9.90 Å². The molecule has 4 heteroatoms. The van der Waals surface area contributed by atoms with Crippen LogP contribution in [0.4, 0.5) is 0 Å². The third kappa shape index (κ3) is 33.2. The van der Waals surface area contributed by atoms with Crippen molar-refractivity contribution < 1.29 is 19.4 Å². The van der Waals surface area contributed by atoms with Crippen LogP contribution in [0.5, 0.6) is 0 Å². The fourth-order valence-corrected chi connectivity index (χ4v) is 5.06. The zero-order valence-corrected chi connectivity index (χ0v) is 27.6. The van der Waals surface area contributed by atoms with E-state index in [0.29, 0.717) is 19.6 Å². The van der Waals surface area contributed by atoms with Crippen LogP contribution in [-0.4, -0.2) is 37.0 Å². The van der Waals surface area contributed by atoms with Gasteiger partial charge >= 0.3 is 5.97 Å². The summed E-state index contributed by atoms with van der Waals surface area (Å²) in [5.41, 5.74) is 0. The van der Waals surface area contributed by atoms with Crippen molar-refractivity contribution in [1.29, 1.82) is 0 Å². The molecule has 0 saturated heterocycles. The number of ether oxygens (including phenoxy) is 2. The Morgan fingerprint density at radius 3 is 1.54 bits per heavy atom. The van der Waals surface area contributed by atoms with Gasteiger partial charge in [-0.3, -0.25) is 4.79 Å². The zero-order chi connectivity index (χ0) is 29.9. The van der Waals surface area contributed by atoms with Crippen molar-refractivity contribution in [3.05, 3.63) is 24.3 Å². The lowest BCUT2D eigenvalue weighted by Gasteiger charge is -2.16. The molecule has 1 atom stereocenters. The average Bonchev–Trinajstić information content (AvgIpc) is 2.98. The van der Waals surface area contributed by atoms with Crippen molar-refractivity contribution in [3.8, 4) is 0 Å². The molecule has 0 radical (unpaired) electrons. The summed E-state index contributed by atoms with van der Waals surface area (Å²) in [4.78, 5) is 12.1. The SMILES string of the molecule is CCCCCC/C=C\C/C=C\CCCCCCCCCC(=O)OC(CO)COCCCCCCCCCCCCC. The first-order chi connectivity index (χ1) is 20.2. The van der Waals surface area contributed by atoms with Gasteiger partial charge in [-0.05, 0) is 44.9 Å². The molecule has 0 aliphatic heterocycles. The molecule has 0 aromatic carbocycles. The highest BCUT2D eigenvalue weighted by Gasteiger charge is 2.13. The van der Waals surface area contributed by atoms with Gasteiger partial charge < -0.3 is 14.6 Å². The van der Waals surface area contributed by atoms with E-state index in [1.807, 2.05) is 0 Å². The van der Waals surface area contributed by atoms with E-state index in [2.05, 4.69) is 38.2 Å². The van der Waals surface area contributed by atoms with E-state index in [1.165, 1.54) is 135 Å². The number of carbonyl (C=O) groups excluding carboxylic acids is 1. The van der Waals surface area contributed by atoms with Gasteiger partial charge in [0.15, 0.2) is 0 Å². The van der Waals surface area contributed by atoms with Crippen molar-refractivity contribution in [1.82, 2.24) is 0 Å². The molecule has 0 amide bonds. The summed E-state index contributed by atoms with van der Waals surface area (Å²) >= 11 is 0. The smallest absolute Gasteiger partial charge is 0.306 e. The maximum Gasteiger partial charge on any atom is 0.306 e. The highest BCUT2D eigenvalue weighted by atomic mass is 16.6. The quantitative estimate of drug-likeness (QED) is 0.0478. The molecule has 0 spiro atoms. The molecule has 1 N–H and O–H groups in total. The molecule has 242 valence electrons. The molecule has 0 aromatic heterocycles. The number of hydrogen-bond donors (Lipinski definition) is 1. The number of aliphatic hydroxyl groups excluding tert-OH is 1. The van der Waals surface area contributed by atoms with Crippen LogP contribution in [0.2, 0.25) is 0 Å². The fraction of sp³-hybridized carbons (Fsp3) is 0.865. The summed E-state index contributed by atoms with van der Waals surface area (Å²) < 4.78 is 11.1. The Bertz CT molecular complexity index is 571. The van der Waals surface area contributed by atoms with Gasteiger partial charge in [0.25, 0.3) is 0 Å². The summed E-state index contributed by atoms with van der Waals surface area (Å²) in [6, 6.07) is 0.